The summed E-state index contributed by atoms with van der Waals surface area (Å²) in [6.45, 7) is 8.67. The van der Waals surface area contributed by atoms with Crippen LogP contribution in [-0.4, -0.2) is 23.3 Å². The van der Waals surface area contributed by atoms with Gasteiger partial charge in [-0.3, -0.25) is 4.98 Å². The van der Waals surface area contributed by atoms with E-state index in [4.69, 9.17) is 4.74 Å². The van der Waals surface area contributed by atoms with Crippen molar-refractivity contribution in [1.29, 1.82) is 0 Å². The van der Waals surface area contributed by atoms with Gasteiger partial charge in [0, 0.05) is 23.0 Å². The second kappa shape index (κ2) is 6.78. The number of aliphatic hydroxyl groups is 1. The standard InChI is InChI=1S/C18H29NO2/c1-11(2)14-6-7-17(20)15(8-14)9-16-13(4)18(21-5)12(3)10-19-16/h10-11,14-15,17,20H,6-9H2,1-5H3. The fourth-order valence-electron chi connectivity index (χ4n) is 3.63. The lowest BCUT2D eigenvalue weighted by Gasteiger charge is -2.35. The molecule has 1 aliphatic rings. The molecule has 118 valence electrons. The van der Waals surface area contributed by atoms with Crippen LogP contribution in [0.15, 0.2) is 6.20 Å². The van der Waals surface area contributed by atoms with Gasteiger partial charge in [-0.2, -0.15) is 0 Å². The predicted octanol–water partition coefficient (Wildman–Crippen LogP) is 3.68. The van der Waals surface area contributed by atoms with Gasteiger partial charge in [0.1, 0.15) is 5.75 Å². The molecule has 0 aromatic carbocycles. The molecule has 2 rings (SSSR count). The van der Waals surface area contributed by atoms with E-state index in [2.05, 4.69) is 25.8 Å². The minimum atomic E-state index is -0.187. The molecule has 1 heterocycles. The third-order valence-electron chi connectivity index (χ3n) is 5.13. The molecule has 1 saturated carbocycles. The molecule has 0 spiro atoms. The first kappa shape index (κ1) is 16.3. The van der Waals surface area contributed by atoms with Gasteiger partial charge in [-0.25, -0.2) is 0 Å². The summed E-state index contributed by atoms with van der Waals surface area (Å²) >= 11 is 0. The topological polar surface area (TPSA) is 42.4 Å². The van der Waals surface area contributed by atoms with Gasteiger partial charge < -0.3 is 9.84 Å². The molecule has 3 atom stereocenters. The van der Waals surface area contributed by atoms with E-state index in [1.54, 1.807) is 7.11 Å². The fourth-order valence-corrected chi connectivity index (χ4v) is 3.63. The highest BCUT2D eigenvalue weighted by Gasteiger charge is 2.31. The first-order valence-electron chi connectivity index (χ1n) is 8.11. The van der Waals surface area contributed by atoms with Crippen molar-refractivity contribution >= 4 is 0 Å². The summed E-state index contributed by atoms with van der Waals surface area (Å²) in [5.41, 5.74) is 3.27. The van der Waals surface area contributed by atoms with Crippen molar-refractivity contribution in [3.63, 3.8) is 0 Å². The molecule has 3 unspecified atom stereocenters. The Morgan fingerprint density at radius 1 is 1.33 bits per heavy atom. The van der Waals surface area contributed by atoms with Crippen LogP contribution in [0.25, 0.3) is 0 Å². The summed E-state index contributed by atoms with van der Waals surface area (Å²) in [4.78, 5) is 4.59. The quantitative estimate of drug-likeness (QED) is 0.920. The second-order valence-corrected chi connectivity index (χ2v) is 6.89. The Morgan fingerprint density at radius 3 is 2.67 bits per heavy atom. The van der Waals surface area contributed by atoms with Crippen molar-refractivity contribution < 1.29 is 9.84 Å². The molecule has 0 bridgehead atoms. The molecule has 21 heavy (non-hydrogen) atoms. The first-order chi connectivity index (χ1) is 9.93. The van der Waals surface area contributed by atoms with Crippen LogP contribution in [0.1, 0.15) is 49.9 Å². The molecule has 1 aromatic rings. The van der Waals surface area contributed by atoms with Crippen LogP contribution in [0.2, 0.25) is 0 Å². The number of rotatable bonds is 4. The monoisotopic (exact) mass is 291 g/mol. The number of hydrogen-bond acceptors (Lipinski definition) is 3. The third kappa shape index (κ3) is 3.57. The first-order valence-corrected chi connectivity index (χ1v) is 8.11. The lowest BCUT2D eigenvalue weighted by molar-refractivity contribution is 0.0373. The number of nitrogens with zero attached hydrogens (tertiary/aromatic N) is 1. The van der Waals surface area contributed by atoms with Crippen LogP contribution < -0.4 is 4.74 Å². The number of ether oxygens (including phenoxy) is 1. The highest BCUT2D eigenvalue weighted by atomic mass is 16.5. The molecule has 1 N–H and O–H groups in total. The van der Waals surface area contributed by atoms with Gasteiger partial charge in [0.2, 0.25) is 0 Å². The van der Waals surface area contributed by atoms with Crippen LogP contribution in [0.4, 0.5) is 0 Å². The summed E-state index contributed by atoms with van der Waals surface area (Å²) in [6, 6.07) is 0. The molecule has 0 radical (unpaired) electrons. The molecule has 3 nitrogen and oxygen atoms in total. The largest absolute Gasteiger partial charge is 0.496 e. The Hall–Kier alpha value is -1.09. The van der Waals surface area contributed by atoms with Crippen molar-refractivity contribution in [3.8, 4) is 5.75 Å². The van der Waals surface area contributed by atoms with Gasteiger partial charge in [-0.05, 0) is 57.3 Å². The molecule has 1 aromatic heterocycles. The van der Waals surface area contributed by atoms with E-state index in [-0.39, 0.29) is 6.10 Å². The highest BCUT2D eigenvalue weighted by molar-refractivity contribution is 5.41. The smallest absolute Gasteiger partial charge is 0.128 e. The van der Waals surface area contributed by atoms with Crippen LogP contribution in [0, 0.1) is 31.6 Å². The van der Waals surface area contributed by atoms with Gasteiger partial charge in [-0.15, -0.1) is 0 Å². The molecule has 3 heteroatoms. The van der Waals surface area contributed by atoms with Gasteiger partial charge >= 0.3 is 0 Å². The maximum absolute atomic E-state index is 10.3. The molecule has 1 fully saturated rings. The molecular formula is C18H29NO2. The number of pyridine rings is 1. The lowest BCUT2D eigenvalue weighted by Crippen LogP contribution is -2.32. The van der Waals surface area contributed by atoms with E-state index in [1.165, 1.54) is 0 Å². The van der Waals surface area contributed by atoms with Gasteiger partial charge in [-0.1, -0.05) is 13.8 Å². The second-order valence-electron chi connectivity index (χ2n) is 6.89. The summed E-state index contributed by atoms with van der Waals surface area (Å²) in [5.74, 6) is 2.68. The third-order valence-corrected chi connectivity index (χ3v) is 5.13. The van der Waals surface area contributed by atoms with E-state index in [0.29, 0.717) is 11.8 Å². The molecule has 0 amide bonds. The Bertz CT molecular complexity index is 484. The molecular weight excluding hydrogens is 262 g/mol. The number of aliphatic hydroxyl groups excluding tert-OH is 1. The average molecular weight is 291 g/mol. The minimum absolute atomic E-state index is 0.187. The van der Waals surface area contributed by atoms with Crippen LogP contribution in [-0.2, 0) is 6.42 Å². The van der Waals surface area contributed by atoms with Gasteiger partial charge in [0.05, 0.1) is 13.2 Å². The number of aryl methyl sites for hydroxylation is 1. The number of methoxy groups -OCH3 is 1. The number of hydrogen-bond donors (Lipinski definition) is 1. The highest BCUT2D eigenvalue weighted by Crippen LogP contribution is 2.36. The zero-order chi connectivity index (χ0) is 15.6. The fraction of sp³-hybridized carbons (Fsp3) is 0.722. The van der Waals surface area contributed by atoms with Crippen molar-refractivity contribution in [2.45, 2.75) is 59.5 Å². The summed E-state index contributed by atoms with van der Waals surface area (Å²) in [5, 5.41) is 10.3. The zero-order valence-corrected chi connectivity index (χ0v) is 14.0. The Balaban J connectivity index is 2.16. The minimum Gasteiger partial charge on any atom is -0.496 e. The maximum Gasteiger partial charge on any atom is 0.128 e. The van der Waals surface area contributed by atoms with Gasteiger partial charge in [0.25, 0.3) is 0 Å². The number of aromatic nitrogens is 1. The van der Waals surface area contributed by atoms with Crippen LogP contribution in [0.3, 0.4) is 0 Å². The summed E-state index contributed by atoms with van der Waals surface area (Å²) in [6.07, 6.45) is 5.74. The van der Waals surface area contributed by atoms with Crippen molar-refractivity contribution in [2.75, 3.05) is 7.11 Å². The lowest BCUT2D eigenvalue weighted by atomic mass is 9.73. The summed E-state index contributed by atoms with van der Waals surface area (Å²) < 4.78 is 5.49. The molecule has 0 saturated heterocycles. The molecule has 0 aliphatic heterocycles. The van der Waals surface area contributed by atoms with Crippen molar-refractivity contribution in [2.24, 2.45) is 17.8 Å². The van der Waals surface area contributed by atoms with E-state index < -0.39 is 0 Å². The Labute approximate surface area is 128 Å². The van der Waals surface area contributed by atoms with E-state index in [1.807, 2.05) is 13.1 Å². The van der Waals surface area contributed by atoms with Crippen LogP contribution in [0.5, 0.6) is 5.75 Å². The van der Waals surface area contributed by atoms with E-state index in [0.717, 1.165) is 54.2 Å². The normalized spacial score (nSPS) is 26.1. The summed E-state index contributed by atoms with van der Waals surface area (Å²) in [7, 11) is 1.71. The van der Waals surface area contributed by atoms with E-state index >= 15 is 0 Å². The van der Waals surface area contributed by atoms with Crippen molar-refractivity contribution in [3.05, 3.63) is 23.0 Å². The molecule has 1 aliphatic carbocycles. The Kier molecular flexibility index (Phi) is 5.26. The zero-order valence-electron chi connectivity index (χ0n) is 14.0. The predicted molar refractivity (Wildman–Crippen MR) is 85.6 cm³/mol. The van der Waals surface area contributed by atoms with E-state index in [9.17, 15) is 5.11 Å². The SMILES string of the molecule is COc1c(C)cnc(CC2CC(C(C)C)CCC2O)c1C. The maximum atomic E-state index is 10.3. The van der Waals surface area contributed by atoms with Gasteiger partial charge in [0.15, 0.2) is 0 Å². The Morgan fingerprint density at radius 2 is 2.05 bits per heavy atom. The van der Waals surface area contributed by atoms with Crippen LogP contribution >= 0.6 is 0 Å². The van der Waals surface area contributed by atoms with Crippen molar-refractivity contribution in [1.82, 2.24) is 4.98 Å². The average Bonchev–Trinajstić information content (AvgIpc) is 2.44.